The molecule has 9 nitrogen and oxygen atoms in total. The Bertz CT molecular complexity index is 3020. The number of halogens is 1. The summed E-state index contributed by atoms with van der Waals surface area (Å²) in [6.07, 6.45) is 6.03. The Morgan fingerprint density at radius 1 is 0.456 bits per heavy atom. The van der Waals surface area contributed by atoms with Gasteiger partial charge >= 0.3 is 0 Å². The van der Waals surface area contributed by atoms with Gasteiger partial charge in [0, 0.05) is 27.3 Å². The molecule has 0 saturated heterocycles. The standard InChI is InChI=1S/C47H27ClN2O7/c48-33-21-19-30(20-22-33)43(53)42-40-36(44(54)49(46(40)56)34-15-7-13-31(25-34)38(51)23-17-28-9-3-1-4-10-28)27-37-41(42)47(57)50(45(37)55)35-16-8-14-32(26-35)39(52)24-18-29-11-5-2-6-12-29/h1-27H/b23-17+,24-18+. The second-order valence-corrected chi connectivity index (χ2v) is 13.6. The zero-order valence-electron chi connectivity index (χ0n) is 29.7. The van der Waals surface area contributed by atoms with Gasteiger partial charge in [-0.25, -0.2) is 9.13 Å². The van der Waals surface area contributed by atoms with E-state index in [1.165, 1.54) is 84.9 Å². The molecule has 0 spiro atoms. The molecule has 0 fully saturated rings. The van der Waals surface area contributed by atoms with Gasteiger partial charge in [0.25, 0.3) is 22.2 Å². The fourth-order valence-electron chi connectivity index (χ4n) is 6.82. The molecule has 6 aromatic carbocycles. The molecule has 8 aromatic rings. The summed E-state index contributed by atoms with van der Waals surface area (Å²) in [4.78, 5) is 98.0. The third-order valence-electron chi connectivity index (χ3n) is 9.59. The highest BCUT2D eigenvalue weighted by molar-refractivity contribution is 6.31. The molecule has 8 rings (SSSR count). The Morgan fingerprint density at radius 3 is 1.33 bits per heavy atom. The molecule has 0 unspecified atom stereocenters. The third-order valence-corrected chi connectivity index (χ3v) is 9.84. The maximum Gasteiger partial charge on any atom is 0.266 e. The van der Waals surface area contributed by atoms with Gasteiger partial charge in [-0.3, -0.25) is 33.6 Å². The number of rotatable bonds is 10. The van der Waals surface area contributed by atoms with E-state index in [-0.39, 0.29) is 61.2 Å². The van der Waals surface area contributed by atoms with Crippen molar-refractivity contribution in [2.45, 2.75) is 0 Å². The zero-order chi connectivity index (χ0) is 39.8. The predicted octanol–water partition coefficient (Wildman–Crippen LogP) is 7.57. The number of fused-ring (bicyclic) bond motifs is 2. The summed E-state index contributed by atoms with van der Waals surface area (Å²) >= 11 is 6.10. The molecule has 2 aromatic heterocycles. The van der Waals surface area contributed by atoms with Crippen molar-refractivity contribution >= 4 is 62.6 Å². The van der Waals surface area contributed by atoms with Crippen molar-refractivity contribution in [3.63, 3.8) is 0 Å². The van der Waals surface area contributed by atoms with E-state index < -0.39 is 33.6 Å². The first kappa shape index (κ1) is 36.4. The SMILES string of the molecule is O=C(/C=C/c1ccccc1)c1cccc(-n2c(=O)c3cc4c(=O)n(-c5cccc(C(=O)/C=C/c6ccccc6)c5)c(=O)c4c(C(=O)c4ccc(Cl)cc4)c3c2=O)c1. The molecule has 0 atom stereocenters. The molecular weight excluding hydrogens is 740 g/mol. The molecule has 0 radical (unpaired) electrons. The number of carbonyl (C=O) groups is 3. The maximum absolute atomic E-state index is 14.4. The largest absolute Gasteiger partial charge is 0.289 e. The molecule has 2 heterocycles. The monoisotopic (exact) mass is 766 g/mol. The fourth-order valence-corrected chi connectivity index (χ4v) is 6.94. The Labute approximate surface area is 328 Å². The van der Waals surface area contributed by atoms with E-state index in [9.17, 15) is 33.6 Å². The molecule has 0 aliphatic rings. The Hall–Kier alpha value is -7.62. The van der Waals surface area contributed by atoms with Gasteiger partial charge in [0.15, 0.2) is 17.3 Å². The van der Waals surface area contributed by atoms with Crippen LogP contribution in [0.15, 0.2) is 171 Å². The summed E-state index contributed by atoms with van der Waals surface area (Å²) in [6, 6.07) is 37.1. The average molecular weight is 767 g/mol. The molecular formula is C47H27ClN2O7. The summed E-state index contributed by atoms with van der Waals surface area (Å²) in [6.45, 7) is 0. The molecule has 0 saturated carbocycles. The number of aromatic nitrogens is 2. The number of nitrogens with zero attached hydrogens (tertiary/aromatic N) is 2. The first-order chi connectivity index (χ1) is 27.6. The first-order valence-corrected chi connectivity index (χ1v) is 18.0. The Kier molecular flexibility index (Phi) is 9.50. The van der Waals surface area contributed by atoms with Crippen LogP contribution in [0, 0.1) is 0 Å². The molecule has 0 N–H and O–H groups in total. The molecule has 0 bridgehead atoms. The lowest BCUT2D eigenvalue weighted by Gasteiger charge is -2.05. The van der Waals surface area contributed by atoms with Crippen LogP contribution >= 0.6 is 11.6 Å². The van der Waals surface area contributed by atoms with Crippen molar-refractivity contribution in [1.29, 1.82) is 0 Å². The number of benzene rings is 6. The van der Waals surface area contributed by atoms with Gasteiger partial charge < -0.3 is 0 Å². The molecule has 10 heteroatoms. The van der Waals surface area contributed by atoms with Crippen molar-refractivity contribution in [1.82, 2.24) is 9.13 Å². The minimum absolute atomic E-state index is 0.0444. The van der Waals surface area contributed by atoms with Crippen molar-refractivity contribution in [3.05, 3.63) is 231 Å². The number of carbonyl (C=O) groups excluding carboxylic acids is 3. The van der Waals surface area contributed by atoms with Crippen molar-refractivity contribution in [3.8, 4) is 11.4 Å². The van der Waals surface area contributed by atoms with Crippen LogP contribution in [0.4, 0.5) is 0 Å². The van der Waals surface area contributed by atoms with Gasteiger partial charge in [-0.05, 0) is 77.9 Å². The van der Waals surface area contributed by atoms with E-state index in [0.29, 0.717) is 5.02 Å². The minimum atomic E-state index is -0.920. The highest BCUT2D eigenvalue weighted by Crippen LogP contribution is 2.27. The van der Waals surface area contributed by atoms with Crippen molar-refractivity contribution in [2.75, 3.05) is 0 Å². The van der Waals surface area contributed by atoms with Gasteiger partial charge in [-0.15, -0.1) is 0 Å². The van der Waals surface area contributed by atoms with Crippen LogP contribution in [0.2, 0.25) is 5.02 Å². The lowest BCUT2D eigenvalue weighted by Crippen LogP contribution is -2.25. The van der Waals surface area contributed by atoms with Crippen LogP contribution in [0.3, 0.4) is 0 Å². The summed E-state index contributed by atoms with van der Waals surface area (Å²) in [5.74, 6) is -1.57. The molecule has 0 aliphatic heterocycles. The number of allylic oxidation sites excluding steroid dienone is 2. The van der Waals surface area contributed by atoms with Crippen LogP contribution in [-0.4, -0.2) is 26.5 Å². The fraction of sp³-hybridized carbons (Fsp3) is 0. The second-order valence-electron chi connectivity index (χ2n) is 13.1. The van der Waals surface area contributed by atoms with Crippen molar-refractivity contribution in [2.24, 2.45) is 0 Å². The highest BCUT2D eigenvalue weighted by atomic mass is 35.5. The highest BCUT2D eigenvalue weighted by Gasteiger charge is 2.30. The van der Waals surface area contributed by atoms with Gasteiger partial charge in [-0.2, -0.15) is 0 Å². The summed E-state index contributed by atoms with van der Waals surface area (Å²) < 4.78 is 1.64. The quantitative estimate of drug-likeness (QED) is 0.104. The first-order valence-electron chi connectivity index (χ1n) is 17.6. The van der Waals surface area contributed by atoms with E-state index in [1.54, 1.807) is 12.2 Å². The zero-order valence-corrected chi connectivity index (χ0v) is 30.5. The van der Waals surface area contributed by atoms with E-state index >= 15 is 0 Å². The maximum atomic E-state index is 14.4. The molecule has 274 valence electrons. The van der Waals surface area contributed by atoms with Gasteiger partial charge in [-0.1, -0.05) is 109 Å². The lowest BCUT2D eigenvalue weighted by atomic mass is 9.95. The number of hydrogen-bond donors (Lipinski definition) is 0. The topological polar surface area (TPSA) is 129 Å². The van der Waals surface area contributed by atoms with E-state index in [4.69, 9.17) is 11.6 Å². The van der Waals surface area contributed by atoms with E-state index in [1.807, 2.05) is 60.7 Å². The van der Waals surface area contributed by atoms with Gasteiger partial charge in [0.2, 0.25) is 0 Å². The normalized spacial score (nSPS) is 11.6. The summed E-state index contributed by atoms with van der Waals surface area (Å²) in [5.41, 5.74) is -1.87. The van der Waals surface area contributed by atoms with Gasteiger partial charge in [0.1, 0.15) is 0 Å². The van der Waals surface area contributed by atoms with Crippen LogP contribution in [0.25, 0.3) is 45.1 Å². The summed E-state index contributed by atoms with van der Waals surface area (Å²) in [5, 5.41) is -0.940. The minimum Gasteiger partial charge on any atom is -0.289 e. The smallest absolute Gasteiger partial charge is 0.266 e. The van der Waals surface area contributed by atoms with Crippen LogP contribution in [0.5, 0.6) is 0 Å². The van der Waals surface area contributed by atoms with Crippen LogP contribution in [-0.2, 0) is 0 Å². The molecule has 0 aliphatic carbocycles. The number of hydrogen-bond acceptors (Lipinski definition) is 7. The van der Waals surface area contributed by atoms with Crippen LogP contribution < -0.4 is 22.2 Å². The van der Waals surface area contributed by atoms with Gasteiger partial charge in [0.05, 0.1) is 32.9 Å². The lowest BCUT2D eigenvalue weighted by molar-refractivity contribution is 0.103. The Morgan fingerprint density at radius 2 is 0.895 bits per heavy atom. The number of ketones is 3. The van der Waals surface area contributed by atoms with E-state index in [2.05, 4.69) is 0 Å². The average Bonchev–Trinajstić information content (AvgIpc) is 3.65. The van der Waals surface area contributed by atoms with Crippen LogP contribution in [0.1, 0.15) is 47.8 Å². The second kappa shape index (κ2) is 14.9. The summed E-state index contributed by atoms with van der Waals surface area (Å²) in [7, 11) is 0. The molecule has 57 heavy (non-hydrogen) atoms. The molecule has 0 amide bonds. The Balaban J connectivity index is 1.30. The predicted molar refractivity (Wildman–Crippen MR) is 222 cm³/mol. The van der Waals surface area contributed by atoms with Crippen molar-refractivity contribution < 1.29 is 14.4 Å². The third kappa shape index (κ3) is 6.73. The van der Waals surface area contributed by atoms with E-state index in [0.717, 1.165) is 26.3 Å².